The largest absolute Gasteiger partial charge is 0.494 e. The normalized spacial score (nSPS) is 13.9. The van der Waals surface area contributed by atoms with Crippen LogP contribution in [0.5, 0.6) is 5.75 Å². The fraction of sp³-hybridized carbons (Fsp3) is 0.364. The van der Waals surface area contributed by atoms with Gasteiger partial charge in [0.25, 0.3) is 5.91 Å². The molecule has 0 spiro atoms. The molecule has 2 amide bonds. The van der Waals surface area contributed by atoms with E-state index in [-0.39, 0.29) is 11.8 Å². The molecule has 0 unspecified atom stereocenters. The maximum Gasteiger partial charge on any atom is 0.253 e. The van der Waals surface area contributed by atoms with Crippen LogP contribution in [-0.4, -0.2) is 49.5 Å². The van der Waals surface area contributed by atoms with Crippen LogP contribution in [0, 0.1) is 0 Å². The number of carbonyl (C=O) groups excluding carboxylic acids is 2. The summed E-state index contributed by atoms with van der Waals surface area (Å²) in [5.41, 5.74) is 2.25. The zero-order valence-corrected chi connectivity index (χ0v) is 17.5. The molecule has 0 atom stereocenters. The molecule has 29 heavy (non-hydrogen) atoms. The Hall–Kier alpha value is -2.73. The van der Waals surface area contributed by atoms with Crippen LogP contribution in [0.15, 0.2) is 42.5 Å². The molecule has 154 valence electrons. The van der Waals surface area contributed by atoms with E-state index in [4.69, 9.17) is 16.3 Å². The number of hydrogen-bond donors (Lipinski definition) is 1. The molecular formula is C22H26ClN3O3. The first-order valence-electron chi connectivity index (χ1n) is 9.82. The molecule has 0 bridgehead atoms. The second-order valence-electron chi connectivity index (χ2n) is 7.00. The van der Waals surface area contributed by atoms with E-state index in [0.717, 1.165) is 17.9 Å². The Balaban J connectivity index is 1.58. The first kappa shape index (κ1) is 21.0. The molecule has 7 heteroatoms. The number of benzene rings is 2. The molecule has 0 radical (unpaired) electrons. The van der Waals surface area contributed by atoms with E-state index in [1.807, 2.05) is 41.3 Å². The van der Waals surface area contributed by atoms with Gasteiger partial charge in [-0.3, -0.25) is 9.59 Å². The quantitative estimate of drug-likeness (QED) is 0.773. The summed E-state index contributed by atoms with van der Waals surface area (Å²) < 4.78 is 5.57. The molecule has 1 saturated heterocycles. The van der Waals surface area contributed by atoms with Crippen LogP contribution in [-0.2, 0) is 4.79 Å². The standard InChI is InChI=1S/C22H26ClN3O3/c1-3-14-29-19-7-4-17(5-8-19)22(28)26-12-10-25(11-13-26)21-9-6-18(15-20(21)23)24-16(2)27/h4-9,15H,3,10-14H2,1-2H3,(H,24,27). The van der Waals surface area contributed by atoms with Gasteiger partial charge in [-0.25, -0.2) is 0 Å². The number of anilines is 2. The minimum atomic E-state index is -0.133. The van der Waals surface area contributed by atoms with Crippen molar-refractivity contribution in [2.45, 2.75) is 20.3 Å². The van der Waals surface area contributed by atoms with Gasteiger partial charge >= 0.3 is 0 Å². The highest BCUT2D eigenvalue weighted by atomic mass is 35.5. The van der Waals surface area contributed by atoms with Crippen molar-refractivity contribution in [3.05, 3.63) is 53.1 Å². The molecule has 0 saturated carbocycles. The van der Waals surface area contributed by atoms with E-state index in [9.17, 15) is 9.59 Å². The smallest absolute Gasteiger partial charge is 0.253 e. The molecule has 1 N–H and O–H groups in total. The van der Waals surface area contributed by atoms with E-state index in [0.29, 0.717) is 49.1 Å². The van der Waals surface area contributed by atoms with Crippen LogP contribution in [0.25, 0.3) is 0 Å². The van der Waals surface area contributed by atoms with Gasteiger partial charge in [0, 0.05) is 44.4 Å². The van der Waals surface area contributed by atoms with Crippen molar-refractivity contribution in [1.29, 1.82) is 0 Å². The summed E-state index contributed by atoms with van der Waals surface area (Å²) in [7, 11) is 0. The number of nitrogens with one attached hydrogen (secondary N) is 1. The third kappa shape index (κ3) is 5.41. The lowest BCUT2D eigenvalue weighted by molar-refractivity contribution is -0.114. The summed E-state index contributed by atoms with van der Waals surface area (Å²) in [6.45, 7) is 6.83. The highest BCUT2D eigenvalue weighted by Crippen LogP contribution is 2.30. The van der Waals surface area contributed by atoms with Crippen LogP contribution in [0.1, 0.15) is 30.6 Å². The Bertz CT molecular complexity index is 862. The SMILES string of the molecule is CCCOc1ccc(C(=O)N2CCN(c3ccc(NC(C)=O)cc3Cl)CC2)cc1. The van der Waals surface area contributed by atoms with Crippen LogP contribution >= 0.6 is 11.6 Å². The van der Waals surface area contributed by atoms with E-state index < -0.39 is 0 Å². The molecule has 1 fully saturated rings. The molecule has 1 aliphatic rings. The summed E-state index contributed by atoms with van der Waals surface area (Å²) in [4.78, 5) is 28.0. The zero-order valence-electron chi connectivity index (χ0n) is 16.8. The van der Waals surface area contributed by atoms with Gasteiger partial charge in [-0.2, -0.15) is 0 Å². The molecule has 1 heterocycles. The number of piperazine rings is 1. The minimum absolute atomic E-state index is 0.0267. The summed E-state index contributed by atoms with van der Waals surface area (Å²) >= 11 is 6.41. The Labute approximate surface area is 176 Å². The van der Waals surface area contributed by atoms with Crippen molar-refractivity contribution < 1.29 is 14.3 Å². The van der Waals surface area contributed by atoms with Gasteiger partial charge in [-0.1, -0.05) is 18.5 Å². The lowest BCUT2D eigenvalue weighted by Crippen LogP contribution is -2.48. The van der Waals surface area contributed by atoms with Crippen molar-refractivity contribution in [1.82, 2.24) is 4.90 Å². The fourth-order valence-electron chi connectivity index (χ4n) is 3.29. The Morgan fingerprint density at radius 3 is 2.34 bits per heavy atom. The van der Waals surface area contributed by atoms with Gasteiger partial charge in [0.05, 0.1) is 17.3 Å². The minimum Gasteiger partial charge on any atom is -0.494 e. The van der Waals surface area contributed by atoms with Gasteiger partial charge in [0.2, 0.25) is 5.91 Å². The van der Waals surface area contributed by atoms with Crippen LogP contribution in [0.2, 0.25) is 5.02 Å². The zero-order chi connectivity index (χ0) is 20.8. The number of hydrogen-bond acceptors (Lipinski definition) is 4. The van der Waals surface area contributed by atoms with E-state index >= 15 is 0 Å². The van der Waals surface area contributed by atoms with E-state index in [1.165, 1.54) is 6.92 Å². The second kappa shape index (κ2) is 9.65. The second-order valence-corrected chi connectivity index (χ2v) is 7.41. The summed E-state index contributed by atoms with van der Waals surface area (Å²) in [6.07, 6.45) is 0.949. The molecule has 0 aliphatic carbocycles. The van der Waals surface area contributed by atoms with Gasteiger partial charge in [0.15, 0.2) is 0 Å². The molecule has 2 aromatic rings. The molecule has 2 aromatic carbocycles. The molecule has 0 aromatic heterocycles. The molecular weight excluding hydrogens is 390 g/mol. The summed E-state index contributed by atoms with van der Waals surface area (Å²) in [6, 6.07) is 12.8. The van der Waals surface area contributed by atoms with Crippen molar-refractivity contribution in [3.8, 4) is 5.75 Å². The summed E-state index contributed by atoms with van der Waals surface area (Å²) in [5, 5.41) is 3.31. The van der Waals surface area contributed by atoms with Crippen molar-refractivity contribution >= 4 is 34.8 Å². The predicted molar refractivity (Wildman–Crippen MR) is 116 cm³/mol. The maximum absolute atomic E-state index is 12.8. The Morgan fingerprint density at radius 2 is 1.76 bits per heavy atom. The van der Waals surface area contributed by atoms with Crippen LogP contribution in [0.3, 0.4) is 0 Å². The lowest BCUT2D eigenvalue weighted by Gasteiger charge is -2.36. The highest BCUT2D eigenvalue weighted by molar-refractivity contribution is 6.33. The number of amides is 2. The van der Waals surface area contributed by atoms with E-state index in [1.54, 1.807) is 6.07 Å². The van der Waals surface area contributed by atoms with Crippen molar-refractivity contribution in [3.63, 3.8) is 0 Å². The highest BCUT2D eigenvalue weighted by Gasteiger charge is 2.23. The molecule has 3 rings (SSSR count). The van der Waals surface area contributed by atoms with Gasteiger partial charge in [0.1, 0.15) is 5.75 Å². The third-order valence-corrected chi connectivity index (χ3v) is 5.05. The number of halogens is 1. The lowest BCUT2D eigenvalue weighted by atomic mass is 10.1. The average molecular weight is 416 g/mol. The number of ether oxygens (including phenoxy) is 1. The number of nitrogens with zero attached hydrogens (tertiary/aromatic N) is 2. The first-order chi connectivity index (χ1) is 14.0. The average Bonchev–Trinajstić information content (AvgIpc) is 2.72. The van der Waals surface area contributed by atoms with E-state index in [2.05, 4.69) is 17.1 Å². The topological polar surface area (TPSA) is 61.9 Å². The predicted octanol–water partition coefficient (Wildman–Crippen LogP) is 4.05. The van der Waals surface area contributed by atoms with Crippen LogP contribution in [0.4, 0.5) is 11.4 Å². The Morgan fingerprint density at radius 1 is 1.07 bits per heavy atom. The monoisotopic (exact) mass is 415 g/mol. The third-order valence-electron chi connectivity index (χ3n) is 4.75. The van der Waals surface area contributed by atoms with Gasteiger partial charge < -0.3 is 19.9 Å². The van der Waals surface area contributed by atoms with Gasteiger partial charge in [-0.05, 0) is 48.9 Å². The maximum atomic E-state index is 12.8. The number of carbonyl (C=O) groups is 2. The number of rotatable bonds is 6. The summed E-state index contributed by atoms with van der Waals surface area (Å²) in [5.74, 6) is 0.676. The molecule has 1 aliphatic heterocycles. The first-order valence-corrected chi connectivity index (χ1v) is 10.2. The van der Waals surface area contributed by atoms with Crippen molar-refractivity contribution in [2.75, 3.05) is 43.0 Å². The Kier molecular flexibility index (Phi) is 6.99. The van der Waals surface area contributed by atoms with Crippen LogP contribution < -0.4 is 15.0 Å². The van der Waals surface area contributed by atoms with Gasteiger partial charge in [-0.15, -0.1) is 0 Å². The molecule has 6 nitrogen and oxygen atoms in total. The fourth-order valence-corrected chi connectivity index (χ4v) is 3.59. The van der Waals surface area contributed by atoms with Crippen molar-refractivity contribution in [2.24, 2.45) is 0 Å².